The molecule has 0 radical (unpaired) electrons. The lowest BCUT2D eigenvalue weighted by molar-refractivity contribution is -0.897. The Bertz CT molecular complexity index is 528. The molecule has 0 spiro atoms. The van der Waals surface area contributed by atoms with Crippen LogP contribution in [0, 0.1) is 5.92 Å². The molecule has 1 aromatic rings. The van der Waals surface area contributed by atoms with Gasteiger partial charge in [-0.1, -0.05) is 23.7 Å². The minimum Gasteiger partial charge on any atom is -0.369 e. The van der Waals surface area contributed by atoms with Crippen LogP contribution < -0.4 is 16.0 Å². The van der Waals surface area contributed by atoms with E-state index in [2.05, 4.69) is 5.32 Å². The number of nitrogens with two attached hydrogens (primary N) is 1. The quantitative estimate of drug-likeness (QED) is 0.676. The topological polar surface area (TPSA) is 76.6 Å². The lowest BCUT2D eigenvalue weighted by Gasteiger charge is -2.27. The molecule has 1 heterocycles. The van der Waals surface area contributed by atoms with Crippen LogP contribution in [0.5, 0.6) is 0 Å². The first kappa shape index (κ1) is 16.8. The van der Waals surface area contributed by atoms with Gasteiger partial charge >= 0.3 is 0 Å². The number of primary amides is 1. The van der Waals surface area contributed by atoms with Gasteiger partial charge in [0.1, 0.15) is 0 Å². The minimum atomic E-state index is -0.218. The Morgan fingerprint density at radius 3 is 2.68 bits per heavy atom. The summed E-state index contributed by atoms with van der Waals surface area (Å²) < 4.78 is 0. The molecule has 1 saturated heterocycles. The van der Waals surface area contributed by atoms with E-state index in [1.54, 1.807) is 0 Å². The largest absolute Gasteiger partial charge is 0.369 e. The van der Waals surface area contributed by atoms with Gasteiger partial charge in [-0.3, -0.25) is 9.59 Å². The first-order valence-corrected chi connectivity index (χ1v) is 8.06. The number of benzene rings is 1. The Kier molecular flexibility index (Phi) is 6.21. The van der Waals surface area contributed by atoms with E-state index in [-0.39, 0.29) is 17.7 Å². The van der Waals surface area contributed by atoms with E-state index >= 15 is 0 Å². The van der Waals surface area contributed by atoms with Gasteiger partial charge in [0, 0.05) is 30.3 Å². The van der Waals surface area contributed by atoms with Gasteiger partial charge in [0.05, 0.1) is 13.1 Å². The average molecular weight is 325 g/mol. The summed E-state index contributed by atoms with van der Waals surface area (Å²) in [5.74, 6) is -0.186. The Morgan fingerprint density at radius 2 is 2.05 bits per heavy atom. The van der Waals surface area contributed by atoms with Crippen molar-refractivity contribution < 1.29 is 14.5 Å². The van der Waals surface area contributed by atoms with E-state index in [1.807, 2.05) is 24.3 Å². The van der Waals surface area contributed by atoms with Crippen molar-refractivity contribution in [2.45, 2.75) is 19.3 Å². The lowest BCUT2D eigenvalue weighted by Crippen LogP contribution is -3.14. The zero-order chi connectivity index (χ0) is 15.9. The number of halogens is 1. The molecule has 0 saturated carbocycles. The fraction of sp³-hybridized carbons (Fsp3) is 0.500. The Labute approximate surface area is 135 Å². The number of carbonyl (C=O) groups is 2. The monoisotopic (exact) mass is 324 g/mol. The fourth-order valence-electron chi connectivity index (χ4n) is 2.82. The van der Waals surface area contributed by atoms with Crippen molar-refractivity contribution in [1.29, 1.82) is 0 Å². The molecule has 0 bridgehead atoms. The molecule has 6 heteroatoms. The highest BCUT2D eigenvalue weighted by atomic mass is 35.5. The van der Waals surface area contributed by atoms with E-state index in [9.17, 15) is 9.59 Å². The van der Waals surface area contributed by atoms with Crippen LogP contribution in [0.1, 0.15) is 18.4 Å². The van der Waals surface area contributed by atoms with Crippen LogP contribution in [-0.2, 0) is 16.0 Å². The van der Waals surface area contributed by atoms with Crippen molar-refractivity contribution in [2.75, 3.05) is 26.2 Å². The van der Waals surface area contributed by atoms with Crippen LogP contribution >= 0.6 is 11.6 Å². The molecule has 2 amide bonds. The number of quaternary nitrogens is 1. The molecule has 0 aromatic heterocycles. The SMILES string of the molecule is NC(=O)C1CC[NH+](CC(=O)NCCc2cccc(Cl)c2)CC1. The van der Waals surface area contributed by atoms with Crippen LogP contribution in [0.15, 0.2) is 24.3 Å². The number of rotatable bonds is 6. The molecule has 0 atom stereocenters. The number of piperidine rings is 1. The summed E-state index contributed by atoms with van der Waals surface area (Å²) in [6.45, 7) is 2.72. The average Bonchev–Trinajstić information content (AvgIpc) is 2.48. The van der Waals surface area contributed by atoms with Crippen molar-refractivity contribution in [3.63, 3.8) is 0 Å². The summed E-state index contributed by atoms with van der Waals surface area (Å²) in [6, 6.07) is 7.65. The number of nitrogens with one attached hydrogen (secondary N) is 2. The minimum absolute atomic E-state index is 0.0189. The first-order chi connectivity index (χ1) is 10.5. The van der Waals surface area contributed by atoms with Gasteiger partial charge in [-0.25, -0.2) is 0 Å². The molecule has 0 unspecified atom stereocenters. The van der Waals surface area contributed by atoms with Gasteiger partial charge in [0.25, 0.3) is 5.91 Å². The highest BCUT2D eigenvalue weighted by molar-refractivity contribution is 6.30. The fourth-order valence-corrected chi connectivity index (χ4v) is 3.03. The maximum absolute atomic E-state index is 11.9. The van der Waals surface area contributed by atoms with Crippen LogP contribution in [-0.4, -0.2) is 38.0 Å². The molecule has 1 aliphatic rings. The van der Waals surface area contributed by atoms with E-state index in [0.717, 1.165) is 37.9 Å². The molecule has 1 aromatic carbocycles. The van der Waals surface area contributed by atoms with Crippen LogP contribution in [0.3, 0.4) is 0 Å². The Morgan fingerprint density at radius 1 is 1.32 bits per heavy atom. The number of carbonyl (C=O) groups excluding carboxylic acids is 2. The molecule has 22 heavy (non-hydrogen) atoms. The first-order valence-electron chi connectivity index (χ1n) is 7.68. The van der Waals surface area contributed by atoms with Gasteiger partial charge in [0.2, 0.25) is 5.91 Å². The predicted molar refractivity (Wildman–Crippen MR) is 85.6 cm³/mol. The zero-order valence-corrected chi connectivity index (χ0v) is 13.4. The third-order valence-corrected chi connectivity index (χ3v) is 4.37. The van der Waals surface area contributed by atoms with Crippen molar-refractivity contribution in [2.24, 2.45) is 11.7 Å². The normalized spacial score (nSPS) is 21.3. The maximum Gasteiger partial charge on any atom is 0.275 e. The van der Waals surface area contributed by atoms with Gasteiger partial charge in [-0.05, 0) is 24.1 Å². The molecular weight excluding hydrogens is 302 g/mol. The summed E-state index contributed by atoms with van der Waals surface area (Å²) in [6.07, 6.45) is 2.33. The highest BCUT2D eigenvalue weighted by Crippen LogP contribution is 2.10. The molecule has 120 valence electrons. The summed E-state index contributed by atoms with van der Waals surface area (Å²) >= 11 is 5.93. The lowest BCUT2D eigenvalue weighted by atomic mass is 9.96. The van der Waals surface area contributed by atoms with E-state index in [0.29, 0.717) is 18.1 Å². The number of amides is 2. The smallest absolute Gasteiger partial charge is 0.275 e. The van der Waals surface area contributed by atoms with Crippen LogP contribution in [0.25, 0.3) is 0 Å². The zero-order valence-electron chi connectivity index (χ0n) is 12.6. The van der Waals surface area contributed by atoms with Gasteiger partial charge in [-0.2, -0.15) is 0 Å². The van der Waals surface area contributed by atoms with Crippen molar-refractivity contribution in [1.82, 2.24) is 5.32 Å². The second-order valence-electron chi connectivity index (χ2n) is 5.83. The highest BCUT2D eigenvalue weighted by Gasteiger charge is 2.26. The molecule has 0 aliphatic carbocycles. The second kappa shape index (κ2) is 8.15. The maximum atomic E-state index is 11.9. The van der Waals surface area contributed by atoms with Crippen LogP contribution in [0.4, 0.5) is 0 Å². The third-order valence-electron chi connectivity index (χ3n) is 4.13. The molecule has 2 rings (SSSR count). The van der Waals surface area contributed by atoms with E-state index < -0.39 is 0 Å². The van der Waals surface area contributed by atoms with Crippen molar-refractivity contribution in [3.05, 3.63) is 34.9 Å². The predicted octanol–water partition coefficient (Wildman–Crippen LogP) is -0.221. The van der Waals surface area contributed by atoms with Crippen molar-refractivity contribution >= 4 is 23.4 Å². The van der Waals surface area contributed by atoms with E-state index in [4.69, 9.17) is 17.3 Å². The molecule has 1 fully saturated rings. The Balaban J connectivity index is 1.65. The molecular formula is C16H23ClN3O2+. The van der Waals surface area contributed by atoms with Crippen molar-refractivity contribution in [3.8, 4) is 0 Å². The van der Waals surface area contributed by atoms with Gasteiger partial charge < -0.3 is 16.0 Å². The standard InChI is InChI=1S/C16H22ClN3O2/c17-14-3-1-2-12(10-14)4-7-19-15(21)11-20-8-5-13(6-9-20)16(18)22/h1-3,10,13H,4-9,11H2,(H2,18,22)(H,19,21)/p+1. The molecule has 5 nitrogen and oxygen atoms in total. The van der Waals surface area contributed by atoms with Gasteiger partial charge in [0.15, 0.2) is 6.54 Å². The summed E-state index contributed by atoms with van der Waals surface area (Å²) in [7, 11) is 0. The second-order valence-corrected chi connectivity index (χ2v) is 6.27. The number of hydrogen-bond acceptors (Lipinski definition) is 2. The molecule has 1 aliphatic heterocycles. The summed E-state index contributed by atoms with van der Waals surface area (Å²) in [5, 5.41) is 3.65. The summed E-state index contributed by atoms with van der Waals surface area (Å²) in [5.41, 5.74) is 6.42. The molecule has 4 N–H and O–H groups in total. The van der Waals surface area contributed by atoms with E-state index in [1.165, 1.54) is 4.90 Å². The number of hydrogen-bond donors (Lipinski definition) is 3. The summed E-state index contributed by atoms with van der Waals surface area (Å²) in [4.78, 5) is 24.3. The number of likely N-dealkylation sites (tertiary alicyclic amines) is 1. The van der Waals surface area contributed by atoms with Crippen LogP contribution in [0.2, 0.25) is 5.02 Å². The Hall–Kier alpha value is -1.59. The van der Waals surface area contributed by atoms with Gasteiger partial charge in [-0.15, -0.1) is 0 Å². The third kappa shape index (κ3) is 5.31.